The molecule has 1 saturated heterocycles. The fourth-order valence-corrected chi connectivity index (χ4v) is 3.12. The van der Waals surface area contributed by atoms with Gasteiger partial charge in [-0.15, -0.1) is 0 Å². The first kappa shape index (κ1) is 15.9. The maximum Gasteiger partial charge on any atom is 0.0901 e. The Hall–Kier alpha value is -0.190. The van der Waals surface area contributed by atoms with Crippen molar-refractivity contribution in [1.29, 1.82) is 0 Å². The molecule has 0 aromatic heterocycles. The zero-order valence-corrected chi connectivity index (χ0v) is 13.0. The van der Waals surface area contributed by atoms with E-state index in [0.717, 1.165) is 38.5 Å². The van der Waals surface area contributed by atoms with Gasteiger partial charge in [0.05, 0.1) is 11.0 Å². The summed E-state index contributed by atoms with van der Waals surface area (Å²) in [5.74, 6) is 0.856. The summed E-state index contributed by atoms with van der Waals surface area (Å²) in [4.78, 5) is 5.71. The molecule has 0 spiro atoms. The van der Waals surface area contributed by atoms with E-state index in [4.69, 9.17) is 18.0 Å². The first-order valence-corrected chi connectivity index (χ1v) is 7.78. The van der Waals surface area contributed by atoms with Gasteiger partial charge in [0.1, 0.15) is 0 Å². The second-order valence-corrected chi connectivity index (χ2v) is 5.82. The van der Waals surface area contributed by atoms with Gasteiger partial charge in [-0.3, -0.25) is 4.90 Å². The van der Waals surface area contributed by atoms with Crippen LogP contribution in [0.3, 0.4) is 0 Å². The number of nitrogens with two attached hydrogens (primary N) is 1. The molecule has 0 amide bonds. The lowest BCUT2D eigenvalue weighted by Gasteiger charge is -2.39. The molecule has 1 aliphatic rings. The second-order valence-electron chi connectivity index (χ2n) is 5.35. The highest BCUT2D eigenvalue weighted by atomic mass is 32.1. The molecule has 1 heterocycles. The standard InChI is InChI=1S/C14H29N3S/c1-4-12(5-2)11-16-7-9-17(10-8-16)13(6-3)14(15)18/h12-13H,4-11H2,1-3H3,(H2,15,18). The molecular weight excluding hydrogens is 242 g/mol. The van der Waals surface area contributed by atoms with Crippen LogP contribution in [-0.4, -0.2) is 53.6 Å². The normalized spacial score (nSPS) is 20.2. The minimum atomic E-state index is 0.301. The molecule has 1 rings (SSSR count). The molecule has 0 aromatic carbocycles. The summed E-state index contributed by atoms with van der Waals surface area (Å²) in [5, 5.41) is 0. The molecule has 4 heteroatoms. The highest BCUT2D eigenvalue weighted by Crippen LogP contribution is 2.14. The lowest BCUT2D eigenvalue weighted by Crippen LogP contribution is -2.54. The van der Waals surface area contributed by atoms with Gasteiger partial charge in [-0.05, 0) is 12.3 Å². The Bertz CT molecular complexity index is 245. The third kappa shape index (κ3) is 4.48. The van der Waals surface area contributed by atoms with E-state index < -0.39 is 0 Å². The van der Waals surface area contributed by atoms with Crippen molar-refractivity contribution in [2.45, 2.75) is 46.1 Å². The maximum absolute atomic E-state index is 5.81. The second kappa shape index (κ2) is 8.08. The van der Waals surface area contributed by atoms with Crippen molar-refractivity contribution in [3.63, 3.8) is 0 Å². The summed E-state index contributed by atoms with van der Waals surface area (Å²) < 4.78 is 0. The monoisotopic (exact) mass is 271 g/mol. The van der Waals surface area contributed by atoms with Gasteiger partial charge in [-0.2, -0.15) is 0 Å². The van der Waals surface area contributed by atoms with E-state index >= 15 is 0 Å². The van der Waals surface area contributed by atoms with Crippen LogP contribution in [0.1, 0.15) is 40.0 Å². The average Bonchev–Trinajstić information content (AvgIpc) is 2.38. The SMILES string of the molecule is CCC(CC)CN1CCN(C(CC)C(N)=S)CC1. The molecule has 1 unspecified atom stereocenters. The first-order valence-electron chi connectivity index (χ1n) is 7.38. The average molecular weight is 271 g/mol. The number of nitrogens with zero attached hydrogens (tertiary/aromatic N) is 2. The predicted octanol–water partition coefficient (Wildman–Crippen LogP) is 2.10. The van der Waals surface area contributed by atoms with Crippen molar-refractivity contribution in [3.05, 3.63) is 0 Å². The zero-order chi connectivity index (χ0) is 13.5. The Balaban J connectivity index is 2.38. The van der Waals surface area contributed by atoms with Gasteiger partial charge >= 0.3 is 0 Å². The number of piperazine rings is 1. The van der Waals surface area contributed by atoms with Crippen molar-refractivity contribution in [3.8, 4) is 0 Å². The lowest BCUT2D eigenvalue weighted by atomic mass is 10.0. The first-order chi connectivity index (χ1) is 8.62. The van der Waals surface area contributed by atoms with E-state index in [1.807, 2.05) is 0 Å². The molecule has 18 heavy (non-hydrogen) atoms. The largest absolute Gasteiger partial charge is 0.392 e. The fourth-order valence-electron chi connectivity index (χ4n) is 2.81. The Kier molecular flexibility index (Phi) is 7.12. The van der Waals surface area contributed by atoms with E-state index in [1.165, 1.54) is 19.4 Å². The fraction of sp³-hybridized carbons (Fsp3) is 0.929. The van der Waals surface area contributed by atoms with E-state index in [1.54, 1.807) is 0 Å². The molecule has 0 bridgehead atoms. The third-order valence-corrected chi connectivity index (χ3v) is 4.51. The predicted molar refractivity (Wildman–Crippen MR) is 82.9 cm³/mol. The number of hydrogen-bond donors (Lipinski definition) is 1. The van der Waals surface area contributed by atoms with Crippen LogP contribution in [0, 0.1) is 5.92 Å². The Morgan fingerprint density at radius 3 is 2.00 bits per heavy atom. The van der Waals surface area contributed by atoms with Gasteiger partial charge in [0.15, 0.2) is 0 Å². The molecule has 0 radical (unpaired) electrons. The molecule has 1 fully saturated rings. The molecule has 0 saturated carbocycles. The Morgan fingerprint density at radius 1 is 1.06 bits per heavy atom. The molecule has 0 aliphatic carbocycles. The summed E-state index contributed by atoms with van der Waals surface area (Å²) in [6.07, 6.45) is 3.62. The molecule has 2 N–H and O–H groups in total. The van der Waals surface area contributed by atoms with Crippen LogP contribution < -0.4 is 5.73 Å². The molecular formula is C14H29N3S. The van der Waals surface area contributed by atoms with E-state index in [0.29, 0.717) is 11.0 Å². The maximum atomic E-state index is 5.81. The number of rotatable bonds is 7. The smallest absolute Gasteiger partial charge is 0.0901 e. The van der Waals surface area contributed by atoms with E-state index in [9.17, 15) is 0 Å². The topological polar surface area (TPSA) is 32.5 Å². The minimum absolute atomic E-state index is 0.301. The van der Waals surface area contributed by atoms with Crippen molar-refractivity contribution in [2.75, 3.05) is 32.7 Å². The number of hydrogen-bond acceptors (Lipinski definition) is 3. The van der Waals surface area contributed by atoms with Crippen LogP contribution in [0.2, 0.25) is 0 Å². The lowest BCUT2D eigenvalue weighted by molar-refractivity contribution is 0.102. The summed E-state index contributed by atoms with van der Waals surface area (Å²) in [6, 6.07) is 0.301. The highest BCUT2D eigenvalue weighted by Gasteiger charge is 2.24. The van der Waals surface area contributed by atoms with E-state index in [-0.39, 0.29) is 0 Å². The van der Waals surface area contributed by atoms with Crippen LogP contribution in [-0.2, 0) is 0 Å². The van der Waals surface area contributed by atoms with Crippen molar-refractivity contribution < 1.29 is 0 Å². The van der Waals surface area contributed by atoms with Crippen molar-refractivity contribution in [1.82, 2.24) is 9.80 Å². The van der Waals surface area contributed by atoms with Crippen LogP contribution in [0.4, 0.5) is 0 Å². The highest BCUT2D eigenvalue weighted by molar-refractivity contribution is 7.80. The van der Waals surface area contributed by atoms with Crippen LogP contribution in [0.15, 0.2) is 0 Å². The van der Waals surface area contributed by atoms with Crippen LogP contribution in [0.25, 0.3) is 0 Å². The Labute approximate surface area is 118 Å². The van der Waals surface area contributed by atoms with Crippen molar-refractivity contribution in [2.24, 2.45) is 11.7 Å². The molecule has 0 aromatic rings. The molecule has 106 valence electrons. The summed E-state index contributed by atoms with van der Waals surface area (Å²) in [7, 11) is 0. The van der Waals surface area contributed by atoms with Gasteiger partial charge in [0, 0.05) is 32.7 Å². The van der Waals surface area contributed by atoms with Crippen molar-refractivity contribution >= 4 is 17.2 Å². The van der Waals surface area contributed by atoms with Gasteiger partial charge < -0.3 is 10.6 Å². The third-order valence-electron chi connectivity index (χ3n) is 4.23. The van der Waals surface area contributed by atoms with Crippen LogP contribution in [0.5, 0.6) is 0 Å². The number of thiocarbonyl (C=S) groups is 1. The summed E-state index contributed by atoms with van der Waals surface area (Å²) in [5.41, 5.74) is 5.81. The van der Waals surface area contributed by atoms with Gasteiger partial charge in [-0.25, -0.2) is 0 Å². The van der Waals surface area contributed by atoms with E-state index in [2.05, 4.69) is 30.6 Å². The van der Waals surface area contributed by atoms with Gasteiger partial charge in [-0.1, -0.05) is 45.8 Å². The summed E-state index contributed by atoms with van der Waals surface area (Å²) in [6.45, 7) is 12.6. The van der Waals surface area contributed by atoms with Gasteiger partial charge in [0.25, 0.3) is 0 Å². The van der Waals surface area contributed by atoms with Crippen LogP contribution >= 0.6 is 12.2 Å². The molecule has 3 nitrogen and oxygen atoms in total. The summed E-state index contributed by atoms with van der Waals surface area (Å²) >= 11 is 5.16. The zero-order valence-electron chi connectivity index (χ0n) is 12.2. The van der Waals surface area contributed by atoms with Gasteiger partial charge in [0.2, 0.25) is 0 Å². The minimum Gasteiger partial charge on any atom is -0.392 e. The molecule has 1 atom stereocenters. The molecule has 1 aliphatic heterocycles. The Morgan fingerprint density at radius 2 is 1.61 bits per heavy atom. The quantitative estimate of drug-likeness (QED) is 0.719.